The van der Waals surface area contributed by atoms with Crippen LogP contribution in [-0.2, 0) is 4.74 Å². The molecule has 4 aromatic carbocycles. The van der Waals surface area contributed by atoms with E-state index >= 15 is 0 Å². The molecule has 2 nitrogen and oxygen atoms in total. The molecule has 0 bridgehead atoms. The van der Waals surface area contributed by atoms with Crippen molar-refractivity contribution in [1.29, 1.82) is 0 Å². The third kappa shape index (κ3) is 4.26. The van der Waals surface area contributed by atoms with Gasteiger partial charge >= 0.3 is 5.97 Å². The number of fused-ring (bicyclic) bond motifs is 3. The molecule has 0 N–H and O–H groups in total. The van der Waals surface area contributed by atoms with E-state index in [1.165, 1.54) is 20.2 Å². The van der Waals surface area contributed by atoms with Gasteiger partial charge in [0, 0.05) is 32.9 Å². The monoisotopic (exact) mass is 447 g/mol. The number of benzene rings is 4. The van der Waals surface area contributed by atoms with Gasteiger partial charge in [-0.15, -0.1) is 0 Å². The molecule has 33 heavy (non-hydrogen) atoms. The minimum atomic E-state index is -0.905. The molecule has 0 radical (unpaired) electrons. The Kier molecular flexibility index (Phi) is 5.46. The number of thiophene rings is 1. The Morgan fingerprint density at radius 1 is 0.758 bits per heavy atom. The van der Waals surface area contributed by atoms with E-state index in [0.29, 0.717) is 5.56 Å². The molecule has 1 aromatic heterocycles. The van der Waals surface area contributed by atoms with Crippen LogP contribution in [0, 0.1) is 11.8 Å². The molecule has 0 saturated heterocycles. The van der Waals surface area contributed by atoms with Gasteiger partial charge in [0.15, 0.2) is 19.9 Å². The lowest BCUT2D eigenvalue weighted by Crippen LogP contribution is -2.26. The number of hydrogen-bond donors (Lipinski definition) is 0. The van der Waals surface area contributed by atoms with Crippen molar-refractivity contribution in [2.75, 3.05) is 0 Å². The van der Waals surface area contributed by atoms with Gasteiger partial charge < -0.3 is 4.74 Å². The van der Waals surface area contributed by atoms with Crippen molar-refractivity contribution in [3.63, 3.8) is 0 Å². The van der Waals surface area contributed by atoms with Crippen LogP contribution in [0.2, 0.25) is 0 Å². The highest BCUT2D eigenvalue weighted by atomic mass is 32.2. The van der Waals surface area contributed by atoms with E-state index in [2.05, 4.69) is 66.4 Å². The molecule has 5 aromatic rings. The van der Waals surface area contributed by atoms with E-state index in [0.717, 1.165) is 10.5 Å². The number of esters is 1. The molecule has 1 heterocycles. The summed E-state index contributed by atoms with van der Waals surface area (Å²) >= 11 is 0. The van der Waals surface area contributed by atoms with Gasteiger partial charge in [-0.3, -0.25) is 0 Å². The van der Waals surface area contributed by atoms with E-state index in [1.54, 1.807) is 0 Å². The summed E-state index contributed by atoms with van der Waals surface area (Å²) in [5, 5.41) is 2.53. The van der Waals surface area contributed by atoms with Crippen LogP contribution >= 0.6 is 10.5 Å². The highest BCUT2D eigenvalue weighted by Gasteiger charge is 2.26. The second-order valence-corrected chi connectivity index (χ2v) is 10.3. The smallest absolute Gasteiger partial charge is 0.339 e. The summed E-state index contributed by atoms with van der Waals surface area (Å²) in [5.74, 6) is 5.81. The zero-order valence-electron chi connectivity index (χ0n) is 18.5. The van der Waals surface area contributed by atoms with Crippen LogP contribution in [-0.4, -0.2) is 11.6 Å². The molecule has 0 spiro atoms. The van der Waals surface area contributed by atoms with Crippen molar-refractivity contribution in [3.8, 4) is 16.7 Å². The standard InChI is InChI=1S/C30H23O2S/c1-30(2,20-19-22-11-4-3-5-12-22)32-29(31)23-13-10-14-24(21-23)33-27-17-8-6-15-25(27)26-16-7-9-18-28(26)33/h3-18,21H,1-2H3/q+1. The SMILES string of the molecule is CC(C)(C#Cc1ccccc1)OC(=O)c1cccc(-[s+]2c3ccccc3c3ccccc32)c1. The molecule has 5 rings (SSSR count). The van der Waals surface area contributed by atoms with E-state index < -0.39 is 5.60 Å². The number of ether oxygens (including phenoxy) is 1. The van der Waals surface area contributed by atoms with Crippen LogP contribution in [0.15, 0.2) is 103 Å². The Labute approximate surface area is 196 Å². The van der Waals surface area contributed by atoms with Crippen molar-refractivity contribution in [2.24, 2.45) is 0 Å². The Hall–Kier alpha value is -3.87. The Balaban J connectivity index is 1.49. The summed E-state index contributed by atoms with van der Waals surface area (Å²) in [6.45, 7) is 3.63. The predicted molar refractivity (Wildman–Crippen MR) is 138 cm³/mol. The van der Waals surface area contributed by atoms with Gasteiger partial charge in [0.25, 0.3) is 0 Å². The van der Waals surface area contributed by atoms with Crippen molar-refractivity contribution >= 4 is 36.6 Å². The summed E-state index contributed by atoms with van der Waals surface area (Å²) in [6.07, 6.45) is 0. The number of carbonyl (C=O) groups is 1. The summed E-state index contributed by atoms with van der Waals surface area (Å²) in [6, 6.07) is 34.5. The van der Waals surface area contributed by atoms with Crippen LogP contribution in [0.5, 0.6) is 0 Å². The van der Waals surface area contributed by atoms with Crippen LogP contribution < -0.4 is 0 Å². The summed E-state index contributed by atoms with van der Waals surface area (Å²) in [4.78, 5) is 14.1. The molecule has 0 fully saturated rings. The molecule has 160 valence electrons. The van der Waals surface area contributed by atoms with Gasteiger partial charge in [-0.2, -0.15) is 0 Å². The van der Waals surface area contributed by atoms with Gasteiger partial charge in [0.1, 0.15) is 0 Å². The van der Waals surface area contributed by atoms with Gasteiger partial charge in [-0.25, -0.2) is 4.79 Å². The van der Waals surface area contributed by atoms with Gasteiger partial charge in [0.05, 0.1) is 5.56 Å². The minimum Gasteiger partial charge on any atom is -0.443 e. The van der Waals surface area contributed by atoms with Crippen LogP contribution in [0.3, 0.4) is 0 Å². The zero-order chi connectivity index (χ0) is 22.8. The molecule has 3 heteroatoms. The van der Waals surface area contributed by atoms with Gasteiger partial charge in [0.2, 0.25) is 0 Å². The van der Waals surface area contributed by atoms with Crippen molar-refractivity contribution in [3.05, 3.63) is 114 Å². The van der Waals surface area contributed by atoms with Crippen molar-refractivity contribution in [2.45, 2.75) is 19.4 Å². The lowest BCUT2D eigenvalue weighted by molar-refractivity contribution is 0.0204. The Morgan fingerprint density at radius 2 is 1.36 bits per heavy atom. The van der Waals surface area contributed by atoms with Crippen molar-refractivity contribution in [1.82, 2.24) is 0 Å². The molecular formula is C30H23O2S+. The largest absolute Gasteiger partial charge is 0.443 e. The maximum absolute atomic E-state index is 13.0. The summed E-state index contributed by atoms with van der Waals surface area (Å²) < 4.78 is 8.37. The first-order valence-corrected chi connectivity index (χ1v) is 12.1. The maximum atomic E-state index is 13.0. The molecule has 0 saturated carbocycles. The van der Waals surface area contributed by atoms with Crippen LogP contribution in [0.1, 0.15) is 29.8 Å². The number of carbonyl (C=O) groups excluding carboxylic acids is 1. The predicted octanol–water partition coefficient (Wildman–Crippen LogP) is 7.72. The third-order valence-corrected chi connectivity index (χ3v) is 7.76. The lowest BCUT2D eigenvalue weighted by atomic mass is 10.1. The highest BCUT2D eigenvalue weighted by Crippen LogP contribution is 2.48. The first-order valence-electron chi connectivity index (χ1n) is 10.9. The van der Waals surface area contributed by atoms with Crippen LogP contribution in [0.25, 0.3) is 25.1 Å². The second-order valence-electron chi connectivity index (χ2n) is 8.34. The molecule has 0 aliphatic rings. The minimum absolute atomic E-state index is 0.255. The van der Waals surface area contributed by atoms with E-state index in [9.17, 15) is 4.79 Å². The van der Waals surface area contributed by atoms with E-state index in [4.69, 9.17) is 4.74 Å². The highest BCUT2D eigenvalue weighted by molar-refractivity contribution is 7.50. The van der Waals surface area contributed by atoms with Crippen LogP contribution in [0.4, 0.5) is 0 Å². The van der Waals surface area contributed by atoms with E-state index in [1.807, 2.05) is 62.4 Å². The Bertz CT molecular complexity index is 1480. The molecule has 0 unspecified atom stereocenters. The zero-order valence-corrected chi connectivity index (χ0v) is 19.4. The summed E-state index contributed by atoms with van der Waals surface area (Å²) in [7, 11) is -0.255. The molecule has 0 aliphatic heterocycles. The van der Waals surface area contributed by atoms with Crippen molar-refractivity contribution < 1.29 is 9.53 Å². The Morgan fingerprint density at radius 3 is 2.03 bits per heavy atom. The molecule has 0 aliphatic carbocycles. The fraction of sp³-hybridized carbons (Fsp3) is 0.100. The topological polar surface area (TPSA) is 26.3 Å². The average molecular weight is 448 g/mol. The fourth-order valence-electron chi connectivity index (χ4n) is 3.92. The quantitative estimate of drug-likeness (QED) is 0.161. The first-order chi connectivity index (χ1) is 16.0. The summed E-state index contributed by atoms with van der Waals surface area (Å²) in [5.41, 5.74) is 0.525. The second kappa shape index (κ2) is 8.58. The molecule has 0 atom stereocenters. The molecular weight excluding hydrogens is 424 g/mol. The maximum Gasteiger partial charge on any atom is 0.339 e. The van der Waals surface area contributed by atoms with Gasteiger partial charge in [-0.05, 0) is 62.4 Å². The first kappa shape index (κ1) is 21.0. The normalized spacial score (nSPS) is 11.2. The third-order valence-electron chi connectivity index (χ3n) is 5.44. The average Bonchev–Trinajstić information content (AvgIpc) is 3.18. The number of rotatable bonds is 3. The molecule has 0 amide bonds. The van der Waals surface area contributed by atoms with E-state index in [-0.39, 0.29) is 16.4 Å². The fourth-order valence-corrected chi connectivity index (χ4v) is 6.35. The number of hydrogen-bond acceptors (Lipinski definition) is 2. The lowest BCUT2D eigenvalue weighted by Gasteiger charge is -2.18. The van der Waals surface area contributed by atoms with Gasteiger partial charge in [-0.1, -0.05) is 60.4 Å².